The normalized spacial score (nSPS) is 40.0. The number of hydrogen-bond donors (Lipinski definition) is 11. The lowest BCUT2D eigenvalue weighted by Crippen LogP contribution is -2.52. The third kappa shape index (κ3) is 20.9. The third-order valence-electron chi connectivity index (χ3n) is 27.5. The summed E-state index contributed by atoms with van der Waals surface area (Å²) in [5.74, 6) is 6.19. The molecule has 0 spiro atoms. The molecule has 9 rings (SSSR count). The van der Waals surface area contributed by atoms with Crippen LogP contribution in [0, 0.1) is 69.5 Å². The second-order valence-corrected chi connectivity index (χ2v) is 36.5. The van der Waals surface area contributed by atoms with Crippen LogP contribution in [0.1, 0.15) is 304 Å². The van der Waals surface area contributed by atoms with Gasteiger partial charge >= 0.3 is 0 Å². The van der Waals surface area contributed by atoms with Crippen molar-refractivity contribution in [1.82, 2.24) is 0 Å². The Kier molecular flexibility index (Phi) is 29.6. The SMILES string of the molecule is C.COCOC(C)(C)CCC[C@@H](C)C1CCC2/C(=C/C=C3C[C@@H](O)C(C)(O)[C@H](O)C3)CCCC21C.C[C@H](CCCC(C)(C)O)C1CCC2/C(=C/C=C3C[C@@H](O)C(C)(O)[C@H](O)C3)CCCC21C.C[C@H](CCCC(C)(C)O)C1CCC2/C(=C/C=C3C[C@@H](O)C(C)(O)[C@H](O)C3)CCCC21C. The Labute approximate surface area is 590 Å². The van der Waals surface area contributed by atoms with E-state index >= 15 is 0 Å². The molecule has 9 saturated carbocycles. The number of fused-ring (bicyclic) bond motifs is 3. The number of aliphatic hydroxyl groups excluding tert-OH is 6. The van der Waals surface area contributed by atoms with Gasteiger partial charge in [-0.25, -0.2) is 0 Å². The van der Waals surface area contributed by atoms with Crippen LogP contribution in [-0.4, -0.2) is 140 Å². The lowest BCUT2D eigenvalue weighted by molar-refractivity contribution is -0.144. The van der Waals surface area contributed by atoms with E-state index in [-0.39, 0.29) is 13.0 Å². The van der Waals surface area contributed by atoms with Crippen molar-refractivity contribution in [3.63, 3.8) is 0 Å². The summed E-state index contributed by atoms with van der Waals surface area (Å²) < 4.78 is 10.9. The van der Waals surface area contributed by atoms with Gasteiger partial charge in [-0.3, -0.25) is 0 Å². The minimum Gasteiger partial charge on any atom is -0.390 e. The van der Waals surface area contributed by atoms with Crippen LogP contribution in [0.3, 0.4) is 0 Å². The van der Waals surface area contributed by atoms with E-state index < -0.39 is 64.6 Å². The average Bonchev–Trinajstić information content (AvgIpc) is 1.64. The zero-order chi connectivity index (χ0) is 71.2. The van der Waals surface area contributed by atoms with Gasteiger partial charge in [0, 0.05) is 7.11 Å². The van der Waals surface area contributed by atoms with Gasteiger partial charge in [-0.05, 0) is 286 Å². The van der Waals surface area contributed by atoms with Crippen molar-refractivity contribution in [1.29, 1.82) is 0 Å². The molecule has 9 aliphatic carbocycles. The van der Waals surface area contributed by atoms with Crippen LogP contribution in [0.5, 0.6) is 0 Å². The van der Waals surface area contributed by atoms with E-state index in [2.05, 4.69) is 91.8 Å². The fourth-order valence-corrected chi connectivity index (χ4v) is 20.8. The predicted molar refractivity (Wildman–Crippen MR) is 394 cm³/mol. The molecule has 0 heterocycles. The van der Waals surface area contributed by atoms with Gasteiger partial charge in [0.05, 0.1) is 53.4 Å². The maximum atomic E-state index is 10.3. The van der Waals surface area contributed by atoms with Gasteiger partial charge in [-0.2, -0.15) is 0 Å². The molecule has 0 bridgehead atoms. The molecular formula is C84H146O13. The Morgan fingerprint density at radius 1 is 0.423 bits per heavy atom. The highest BCUT2D eigenvalue weighted by Crippen LogP contribution is 2.63. The lowest BCUT2D eigenvalue weighted by Gasteiger charge is -2.44. The summed E-state index contributed by atoms with van der Waals surface area (Å²) in [4.78, 5) is 0. The average molecular weight is 1360 g/mol. The van der Waals surface area contributed by atoms with Crippen molar-refractivity contribution in [2.75, 3.05) is 13.9 Å². The van der Waals surface area contributed by atoms with Gasteiger partial charge in [0.25, 0.3) is 0 Å². The predicted octanol–water partition coefficient (Wildman–Crippen LogP) is 16.0. The maximum Gasteiger partial charge on any atom is 0.147 e. The molecule has 9 fully saturated rings. The Balaban J connectivity index is 0.000000229. The van der Waals surface area contributed by atoms with Crippen LogP contribution in [0.4, 0.5) is 0 Å². The molecule has 97 heavy (non-hydrogen) atoms. The van der Waals surface area contributed by atoms with Crippen molar-refractivity contribution in [3.05, 3.63) is 69.9 Å². The highest BCUT2D eigenvalue weighted by molar-refractivity contribution is 5.30. The first-order valence-electron chi connectivity index (χ1n) is 38.6. The molecule has 0 radical (unpaired) electrons. The summed E-state index contributed by atoms with van der Waals surface area (Å²) in [6.45, 7) is 31.7. The number of methoxy groups -OCH3 is 1. The van der Waals surface area contributed by atoms with Gasteiger partial charge in [0.2, 0.25) is 0 Å². The lowest BCUT2D eigenvalue weighted by atomic mass is 9.60. The summed E-state index contributed by atoms with van der Waals surface area (Å²) in [5.41, 5.74) is 3.24. The minimum absolute atomic E-state index is 0. The van der Waals surface area contributed by atoms with E-state index in [1.807, 2.05) is 27.7 Å². The molecule has 0 amide bonds. The number of aliphatic hydroxyl groups is 11. The van der Waals surface area contributed by atoms with E-state index in [9.17, 15) is 56.2 Å². The molecule has 11 N–H and O–H groups in total. The van der Waals surface area contributed by atoms with E-state index in [1.165, 1.54) is 135 Å². The Morgan fingerprint density at radius 3 is 0.928 bits per heavy atom. The van der Waals surface area contributed by atoms with E-state index in [0.717, 1.165) is 85.8 Å². The van der Waals surface area contributed by atoms with Gasteiger partial charge in [0.15, 0.2) is 0 Å². The zero-order valence-electron chi connectivity index (χ0n) is 63.3. The van der Waals surface area contributed by atoms with Crippen molar-refractivity contribution in [2.45, 2.75) is 374 Å². The maximum absolute atomic E-state index is 10.3. The molecule has 0 saturated heterocycles. The van der Waals surface area contributed by atoms with Crippen LogP contribution in [0.25, 0.3) is 0 Å². The highest BCUT2D eigenvalue weighted by atomic mass is 16.7. The molecule has 0 aromatic rings. The molecule has 13 nitrogen and oxygen atoms in total. The van der Waals surface area contributed by atoms with E-state index in [0.29, 0.717) is 97.1 Å². The zero-order valence-corrected chi connectivity index (χ0v) is 63.3. The molecule has 13 heteroatoms. The Hall–Kier alpha value is -2.08. The van der Waals surface area contributed by atoms with Crippen molar-refractivity contribution in [3.8, 4) is 0 Å². The second-order valence-electron chi connectivity index (χ2n) is 36.5. The van der Waals surface area contributed by atoms with Gasteiger partial charge in [-0.15, -0.1) is 0 Å². The molecule has 18 atom stereocenters. The number of allylic oxidation sites excluding steroid dienone is 9. The number of rotatable bonds is 21. The van der Waals surface area contributed by atoms with Crippen molar-refractivity contribution >= 4 is 0 Å². The third-order valence-corrected chi connectivity index (χ3v) is 27.5. The molecule has 0 aromatic heterocycles. The van der Waals surface area contributed by atoms with Crippen LogP contribution >= 0.6 is 0 Å². The van der Waals surface area contributed by atoms with Crippen LogP contribution in [-0.2, 0) is 9.47 Å². The quantitative estimate of drug-likeness (QED) is 0.0480. The fourth-order valence-electron chi connectivity index (χ4n) is 20.8. The molecule has 0 aliphatic heterocycles. The Morgan fingerprint density at radius 2 is 0.680 bits per heavy atom. The van der Waals surface area contributed by atoms with Crippen LogP contribution < -0.4 is 0 Å². The van der Waals surface area contributed by atoms with Crippen molar-refractivity contribution < 1.29 is 65.6 Å². The Bertz CT molecular complexity index is 2520. The van der Waals surface area contributed by atoms with Crippen molar-refractivity contribution in [2.24, 2.45) is 69.5 Å². The second kappa shape index (κ2) is 34.2. The van der Waals surface area contributed by atoms with E-state index in [1.54, 1.807) is 12.7 Å². The molecule has 9 aliphatic rings. The first-order chi connectivity index (χ1) is 44.6. The van der Waals surface area contributed by atoms with E-state index in [4.69, 9.17) is 9.47 Å². The minimum atomic E-state index is -1.42. The smallest absolute Gasteiger partial charge is 0.147 e. The topological polar surface area (TPSA) is 241 Å². The van der Waals surface area contributed by atoms with Gasteiger partial charge < -0.3 is 65.6 Å². The molecule has 560 valence electrons. The van der Waals surface area contributed by atoms with Crippen LogP contribution in [0.15, 0.2) is 69.9 Å². The summed E-state index contributed by atoms with van der Waals surface area (Å²) in [5, 5.41) is 112. The molecule has 9 unspecified atom stereocenters. The van der Waals surface area contributed by atoms with Gasteiger partial charge in [-0.1, -0.05) is 157 Å². The summed E-state index contributed by atoms with van der Waals surface area (Å²) in [6.07, 6.45) is 38.7. The molecule has 0 aromatic carbocycles. The standard InChI is InChI=1S/C29H50O5.2C27H46O4.CH4/c1-20(9-7-15-27(2,3)34-19-33-6)23-13-14-24-22(10-8-16-28(23,24)4)12-11-21-17-25(30)29(5,32)26(31)18-21;2*1-18(8-6-14-25(2,3)30)21-12-13-22-20(9-7-15-26(21,22)4)11-10-19-16-23(28)27(5,31)24(29)17-19;/h11-12,20,23-26,30-32H,7-10,13-19H2,1-6H3;2*10-11,18,21-24,28-31H,6-9,12-17H2,1-5H3;1H4/b21-11?,22-12+;2*19-10?,20-11+;/t20-,23?,24?,25-,26-,28?,29?;2*18-,21?,22?,23-,24-,26?,27?;/m111./s1. The fraction of sp³-hybridized carbons (Fsp3) is 0.857. The largest absolute Gasteiger partial charge is 0.390 e. The summed E-state index contributed by atoms with van der Waals surface area (Å²) >= 11 is 0. The monoisotopic (exact) mass is 1360 g/mol. The number of hydrogen-bond acceptors (Lipinski definition) is 13. The summed E-state index contributed by atoms with van der Waals surface area (Å²) in [6, 6.07) is 0. The highest BCUT2D eigenvalue weighted by Gasteiger charge is 2.54. The van der Waals surface area contributed by atoms with Gasteiger partial charge in [0.1, 0.15) is 23.6 Å². The summed E-state index contributed by atoms with van der Waals surface area (Å²) in [7, 11) is 1.67. The number of ether oxygens (including phenoxy) is 2. The first kappa shape index (κ1) is 83.9. The van der Waals surface area contributed by atoms with Crippen LogP contribution in [0.2, 0.25) is 0 Å². The molecular weight excluding hydrogens is 1220 g/mol. The first-order valence-corrected chi connectivity index (χ1v) is 38.6.